The second-order valence-electron chi connectivity index (χ2n) is 2.18. The molecular formula is C7H7NO4. The molecule has 1 heterocycles. The highest BCUT2D eigenvalue weighted by molar-refractivity contribution is 6.40. The molecule has 1 aliphatic rings. The second-order valence-corrected chi connectivity index (χ2v) is 2.18. The van der Waals surface area contributed by atoms with E-state index in [0.29, 0.717) is 0 Å². The number of hydrogen-bond acceptors (Lipinski definition) is 4. The Labute approximate surface area is 68.4 Å². The lowest BCUT2D eigenvalue weighted by Crippen LogP contribution is -2.21. The highest BCUT2D eigenvalue weighted by Crippen LogP contribution is 2.08. The van der Waals surface area contributed by atoms with Gasteiger partial charge in [0.25, 0.3) is 0 Å². The minimum Gasteiger partial charge on any atom is -0.491 e. The quantitative estimate of drug-likeness (QED) is 0.629. The van der Waals surface area contributed by atoms with Crippen LogP contribution in [0.4, 0.5) is 0 Å². The van der Waals surface area contributed by atoms with Crippen LogP contribution in [0.5, 0.6) is 0 Å². The first-order chi connectivity index (χ1) is 5.65. The molecular weight excluding hydrogens is 162 g/mol. The summed E-state index contributed by atoms with van der Waals surface area (Å²) < 4.78 is 4.64. The van der Waals surface area contributed by atoms with Crippen molar-refractivity contribution in [3.05, 3.63) is 12.0 Å². The average molecular weight is 169 g/mol. The van der Waals surface area contributed by atoms with Gasteiger partial charge in [-0.05, 0) is 0 Å². The molecule has 12 heavy (non-hydrogen) atoms. The van der Waals surface area contributed by atoms with Crippen molar-refractivity contribution in [1.82, 2.24) is 0 Å². The van der Waals surface area contributed by atoms with Crippen LogP contribution < -0.4 is 0 Å². The third-order valence-electron chi connectivity index (χ3n) is 1.41. The van der Waals surface area contributed by atoms with Crippen molar-refractivity contribution in [3.63, 3.8) is 0 Å². The number of carbonyl (C=O) groups is 2. The summed E-state index contributed by atoms with van der Waals surface area (Å²) in [6, 6.07) is 0. The van der Waals surface area contributed by atoms with E-state index in [4.69, 9.17) is 5.11 Å². The summed E-state index contributed by atoms with van der Waals surface area (Å²) in [5.41, 5.74) is -0.152. The van der Waals surface area contributed by atoms with E-state index in [1.807, 2.05) is 0 Å². The molecule has 0 aliphatic carbocycles. The maximum absolute atomic E-state index is 11.0. The van der Waals surface area contributed by atoms with Gasteiger partial charge in [-0.2, -0.15) is 0 Å². The van der Waals surface area contributed by atoms with Crippen LogP contribution in [0.1, 0.15) is 6.42 Å². The van der Waals surface area contributed by atoms with E-state index in [1.54, 1.807) is 0 Å². The number of hydrogen-bond donors (Lipinski definition) is 1. The van der Waals surface area contributed by atoms with Gasteiger partial charge in [-0.1, -0.05) is 0 Å². The van der Waals surface area contributed by atoms with E-state index in [9.17, 15) is 9.59 Å². The SMILES string of the molecule is COC1=CN=C(C(=O)O)CC1=O. The van der Waals surface area contributed by atoms with Crippen molar-refractivity contribution in [3.8, 4) is 0 Å². The van der Waals surface area contributed by atoms with Gasteiger partial charge in [-0.15, -0.1) is 0 Å². The number of aliphatic imine (C=N–C) groups is 1. The number of ether oxygens (including phenoxy) is 1. The fourth-order valence-electron chi connectivity index (χ4n) is 0.791. The van der Waals surface area contributed by atoms with Gasteiger partial charge in [-0.3, -0.25) is 4.79 Å². The minimum atomic E-state index is -1.17. The number of Topliss-reactive ketones (excluding diaryl/α,β-unsaturated/α-hetero) is 1. The van der Waals surface area contributed by atoms with Crippen molar-refractivity contribution >= 4 is 17.5 Å². The van der Waals surface area contributed by atoms with Gasteiger partial charge in [0.15, 0.2) is 5.76 Å². The molecule has 0 saturated heterocycles. The molecule has 0 aromatic rings. The van der Waals surface area contributed by atoms with Crippen LogP contribution in [0, 0.1) is 0 Å². The Morgan fingerprint density at radius 3 is 2.83 bits per heavy atom. The van der Waals surface area contributed by atoms with E-state index in [1.165, 1.54) is 7.11 Å². The van der Waals surface area contributed by atoms with Crippen LogP contribution in [0.15, 0.2) is 17.0 Å². The van der Waals surface area contributed by atoms with E-state index >= 15 is 0 Å². The number of ketones is 1. The zero-order chi connectivity index (χ0) is 9.14. The summed E-state index contributed by atoms with van der Waals surface area (Å²) in [7, 11) is 1.34. The molecule has 5 heteroatoms. The summed E-state index contributed by atoms with van der Waals surface area (Å²) in [4.78, 5) is 24.9. The molecule has 64 valence electrons. The van der Waals surface area contributed by atoms with Crippen LogP contribution in [-0.2, 0) is 14.3 Å². The topological polar surface area (TPSA) is 76.0 Å². The maximum atomic E-state index is 11.0. The molecule has 1 aliphatic heterocycles. The zero-order valence-electron chi connectivity index (χ0n) is 6.40. The number of nitrogens with zero attached hydrogens (tertiary/aromatic N) is 1. The smallest absolute Gasteiger partial charge is 0.350 e. The van der Waals surface area contributed by atoms with E-state index in [0.717, 1.165) is 6.20 Å². The number of carbonyl (C=O) groups excluding carboxylic acids is 1. The first kappa shape index (κ1) is 8.45. The molecule has 0 aromatic carbocycles. The minimum absolute atomic E-state index is 0.0972. The van der Waals surface area contributed by atoms with Gasteiger partial charge in [0.2, 0.25) is 5.78 Å². The lowest BCUT2D eigenvalue weighted by atomic mass is 10.1. The third-order valence-corrected chi connectivity index (χ3v) is 1.41. The van der Waals surface area contributed by atoms with Crippen LogP contribution in [0.25, 0.3) is 0 Å². The Balaban J connectivity index is 2.88. The summed E-state index contributed by atoms with van der Waals surface area (Å²) in [5, 5.41) is 8.46. The molecule has 0 bridgehead atoms. The largest absolute Gasteiger partial charge is 0.491 e. The predicted molar refractivity (Wildman–Crippen MR) is 39.8 cm³/mol. The summed E-state index contributed by atoms with van der Waals surface area (Å²) in [5.74, 6) is -1.43. The van der Waals surface area contributed by atoms with Crippen LogP contribution >= 0.6 is 0 Å². The molecule has 0 atom stereocenters. The Bertz CT molecular complexity index is 290. The number of aliphatic carboxylic acids is 1. The van der Waals surface area contributed by atoms with Crippen LogP contribution in [0.3, 0.4) is 0 Å². The van der Waals surface area contributed by atoms with Crippen molar-refractivity contribution in [2.45, 2.75) is 6.42 Å². The fourth-order valence-corrected chi connectivity index (χ4v) is 0.791. The van der Waals surface area contributed by atoms with Gasteiger partial charge in [-0.25, -0.2) is 9.79 Å². The predicted octanol–water partition coefficient (Wildman–Crippen LogP) is -0.0274. The number of carboxylic acids is 1. The molecule has 0 unspecified atom stereocenters. The molecule has 0 saturated carbocycles. The number of carboxylic acid groups (broad SMARTS) is 1. The molecule has 1 rings (SSSR count). The summed E-state index contributed by atoms with van der Waals surface area (Å²) >= 11 is 0. The lowest BCUT2D eigenvalue weighted by molar-refractivity contribution is -0.130. The Morgan fingerprint density at radius 1 is 1.75 bits per heavy atom. The third kappa shape index (κ3) is 1.50. The highest BCUT2D eigenvalue weighted by atomic mass is 16.5. The molecule has 0 amide bonds. The van der Waals surface area contributed by atoms with Gasteiger partial charge >= 0.3 is 5.97 Å². The highest BCUT2D eigenvalue weighted by Gasteiger charge is 2.21. The number of rotatable bonds is 2. The molecule has 1 N–H and O–H groups in total. The Hall–Kier alpha value is -1.65. The first-order valence-corrected chi connectivity index (χ1v) is 3.22. The van der Waals surface area contributed by atoms with Gasteiger partial charge in [0, 0.05) is 0 Å². The number of methoxy groups -OCH3 is 1. The average Bonchev–Trinajstić information content (AvgIpc) is 2.04. The lowest BCUT2D eigenvalue weighted by Gasteiger charge is -2.07. The van der Waals surface area contributed by atoms with Gasteiger partial charge in [0.1, 0.15) is 5.71 Å². The monoisotopic (exact) mass is 169 g/mol. The van der Waals surface area contributed by atoms with Crippen molar-refractivity contribution in [2.75, 3.05) is 7.11 Å². The van der Waals surface area contributed by atoms with Gasteiger partial charge in [0.05, 0.1) is 19.7 Å². The van der Waals surface area contributed by atoms with Crippen molar-refractivity contribution in [1.29, 1.82) is 0 Å². The van der Waals surface area contributed by atoms with E-state index in [-0.39, 0.29) is 23.7 Å². The first-order valence-electron chi connectivity index (χ1n) is 3.22. The second kappa shape index (κ2) is 3.17. The van der Waals surface area contributed by atoms with Crippen molar-refractivity contribution < 1.29 is 19.4 Å². The Morgan fingerprint density at radius 2 is 2.42 bits per heavy atom. The van der Waals surface area contributed by atoms with E-state index in [2.05, 4.69) is 9.73 Å². The van der Waals surface area contributed by atoms with Crippen LogP contribution in [-0.4, -0.2) is 29.7 Å². The standard InChI is InChI=1S/C7H7NO4/c1-12-6-3-8-4(7(10)11)2-5(6)9/h3H,2H2,1H3,(H,10,11). The van der Waals surface area contributed by atoms with Crippen LogP contribution in [0.2, 0.25) is 0 Å². The molecule has 5 nitrogen and oxygen atoms in total. The normalized spacial score (nSPS) is 16.6. The molecule has 0 radical (unpaired) electrons. The molecule has 0 spiro atoms. The van der Waals surface area contributed by atoms with Crippen molar-refractivity contribution in [2.24, 2.45) is 4.99 Å². The number of allylic oxidation sites excluding steroid dienone is 1. The Kier molecular flexibility index (Phi) is 2.23. The molecule has 0 aromatic heterocycles. The van der Waals surface area contributed by atoms with E-state index < -0.39 is 5.97 Å². The maximum Gasteiger partial charge on any atom is 0.350 e. The fraction of sp³-hybridized carbons (Fsp3) is 0.286. The summed E-state index contributed by atoms with van der Waals surface area (Å²) in [6.45, 7) is 0. The van der Waals surface area contributed by atoms with Gasteiger partial charge < -0.3 is 9.84 Å². The molecule has 0 fully saturated rings. The summed E-state index contributed by atoms with van der Waals surface area (Å²) in [6.07, 6.45) is 0.921. The zero-order valence-corrected chi connectivity index (χ0v) is 6.40.